The summed E-state index contributed by atoms with van der Waals surface area (Å²) in [5.41, 5.74) is 2.19. The van der Waals surface area contributed by atoms with Crippen molar-refractivity contribution in [3.8, 4) is 5.69 Å². The molecule has 15 heavy (non-hydrogen) atoms. The third-order valence-electron chi connectivity index (χ3n) is 2.39. The fraction of sp³-hybridized carbons (Fsp3) is 0. The Kier molecular flexibility index (Phi) is 2.02. The van der Waals surface area contributed by atoms with Crippen molar-refractivity contribution in [2.45, 2.75) is 0 Å². The maximum Gasteiger partial charge on any atom is 0.122 e. The molecule has 0 unspecified atom stereocenters. The zero-order valence-corrected chi connectivity index (χ0v) is 9.97. The van der Waals surface area contributed by atoms with Gasteiger partial charge >= 0.3 is 0 Å². The van der Waals surface area contributed by atoms with Gasteiger partial charge in [0.05, 0.1) is 11.9 Å². The van der Waals surface area contributed by atoms with Gasteiger partial charge in [0, 0.05) is 17.8 Å². The van der Waals surface area contributed by atoms with Crippen LogP contribution in [0.5, 0.6) is 0 Å². The minimum Gasteiger partial charge on any atom is -0.347 e. The summed E-state index contributed by atoms with van der Waals surface area (Å²) in [7, 11) is 0. The molecule has 0 aliphatic heterocycles. The molecule has 0 atom stereocenters. The molecule has 0 saturated carbocycles. The normalized spacial score (nSPS) is 11.0. The van der Waals surface area contributed by atoms with Crippen LogP contribution in [-0.2, 0) is 0 Å². The minimum absolute atomic E-state index is 1.01. The fourth-order valence-electron chi connectivity index (χ4n) is 1.67. The third kappa shape index (κ3) is 1.45. The highest BCUT2D eigenvalue weighted by molar-refractivity contribution is 14.1. The Labute approximate surface area is 100 Å². The molecule has 0 spiro atoms. The molecular weight excluding hydrogens is 301 g/mol. The highest BCUT2D eigenvalue weighted by Gasteiger charge is 2.03. The van der Waals surface area contributed by atoms with Crippen molar-refractivity contribution in [3.05, 3.63) is 46.6 Å². The van der Waals surface area contributed by atoms with Crippen LogP contribution in [0.25, 0.3) is 16.7 Å². The lowest BCUT2D eigenvalue weighted by atomic mass is 10.4. The third-order valence-corrected chi connectivity index (χ3v) is 3.03. The zero-order chi connectivity index (χ0) is 10.3. The summed E-state index contributed by atoms with van der Waals surface area (Å²) in [6.07, 6.45) is 5.87. The van der Waals surface area contributed by atoms with Crippen molar-refractivity contribution in [3.63, 3.8) is 0 Å². The van der Waals surface area contributed by atoms with Crippen LogP contribution in [0.3, 0.4) is 0 Å². The molecule has 3 heterocycles. The molecule has 0 bridgehead atoms. The van der Waals surface area contributed by atoms with Gasteiger partial charge in [-0.25, -0.2) is 4.98 Å². The Bertz CT molecular complexity index is 592. The predicted octanol–water partition coefficient (Wildman–Crippen LogP) is 2.96. The molecule has 0 radical (unpaired) electrons. The predicted molar refractivity (Wildman–Crippen MR) is 68.1 cm³/mol. The lowest BCUT2D eigenvalue weighted by Gasteiger charge is -2.02. The van der Waals surface area contributed by atoms with Crippen molar-refractivity contribution in [1.29, 1.82) is 0 Å². The van der Waals surface area contributed by atoms with Gasteiger partial charge in [-0.05, 0) is 46.9 Å². The second kappa shape index (κ2) is 3.37. The second-order valence-electron chi connectivity index (χ2n) is 3.31. The van der Waals surface area contributed by atoms with Crippen LogP contribution in [0.1, 0.15) is 0 Å². The number of nitrogens with one attached hydrogen (secondary N) is 1. The number of hydrogen-bond acceptors (Lipinski definition) is 1. The van der Waals surface area contributed by atoms with Crippen molar-refractivity contribution < 1.29 is 0 Å². The van der Waals surface area contributed by atoms with Gasteiger partial charge in [-0.3, -0.25) is 0 Å². The molecule has 0 amide bonds. The van der Waals surface area contributed by atoms with Gasteiger partial charge in [-0.1, -0.05) is 0 Å². The Morgan fingerprint density at radius 1 is 1.20 bits per heavy atom. The Morgan fingerprint density at radius 3 is 2.93 bits per heavy atom. The van der Waals surface area contributed by atoms with Gasteiger partial charge in [0.1, 0.15) is 9.35 Å². The average Bonchev–Trinajstić information content (AvgIpc) is 2.80. The Balaban J connectivity index is 2.21. The molecule has 3 rings (SSSR count). The van der Waals surface area contributed by atoms with Crippen molar-refractivity contribution >= 4 is 33.6 Å². The number of aromatic nitrogens is 3. The van der Waals surface area contributed by atoms with Crippen LogP contribution in [-0.4, -0.2) is 14.5 Å². The van der Waals surface area contributed by atoms with Gasteiger partial charge in [-0.2, -0.15) is 0 Å². The monoisotopic (exact) mass is 309 g/mol. The summed E-state index contributed by atoms with van der Waals surface area (Å²) in [4.78, 5) is 7.49. The molecule has 0 saturated heterocycles. The minimum atomic E-state index is 1.01. The van der Waals surface area contributed by atoms with E-state index in [-0.39, 0.29) is 0 Å². The zero-order valence-electron chi connectivity index (χ0n) is 7.81. The largest absolute Gasteiger partial charge is 0.347 e. The van der Waals surface area contributed by atoms with Gasteiger partial charge < -0.3 is 9.55 Å². The van der Waals surface area contributed by atoms with Crippen LogP contribution < -0.4 is 0 Å². The van der Waals surface area contributed by atoms with E-state index in [1.54, 1.807) is 0 Å². The van der Waals surface area contributed by atoms with Gasteiger partial charge in [-0.15, -0.1) is 0 Å². The van der Waals surface area contributed by atoms with Crippen molar-refractivity contribution in [2.75, 3.05) is 0 Å². The molecule has 3 aromatic rings. The van der Waals surface area contributed by atoms with Gasteiger partial charge in [0.15, 0.2) is 0 Å². The number of pyridine rings is 1. The first-order valence-corrected chi connectivity index (χ1v) is 5.69. The van der Waals surface area contributed by atoms with E-state index in [2.05, 4.69) is 55.3 Å². The number of fused-ring (bicyclic) bond motifs is 1. The van der Waals surface area contributed by atoms with Crippen molar-refractivity contribution in [2.24, 2.45) is 0 Å². The first-order valence-electron chi connectivity index (χ1n) is 4.61. The maximum absolute atomic E-state index is 4.28. The standard InChI is InChI=1S/C11H8IN3/c12-10-2-1-9(7-14-10)15-6-4-8-3-5-13-11(8)15/h1-7,13H. The average molecular weight is 309 g/mol. The van der Waals surface area contributed by atoms with E-state index in [1.165, 1.54) is 5.39 Å². The first-order chi connectivity index (χ1) is 7.34. The molecule has 0 aromatic carbocycles. The number of halogens is 1. The lowest BCUT2D eigenvalue weighted by Crippen LogP contribution is -1.93. The van der Waals surface area contributed by atoms with E-state index in [4.69, 9.17) is 0 Å². The summed E-state index contributed by atoms with van der Waals surface area (Å²) in [6.45, 7) is 0. The summed E-state index contributed by atoms with van der Waals surface area (Å²) >= 11 is 2.20. The van der Waals surface area contributed by atoms with Gasteiger partial charge in [0.25, 0.3) is 0 Å². The SMILES string of the molecule is Ic1ccc(-n2ccc3cc[nH]c32)cn1. The van der Waals surface area contributed by atoms with Crippen LogP contribution in [0.15, 0.2) is 42.9 Å². The number of rotatable bonds is 1. The quantitative estimate of drug-likeness (QED) is 0.544. The van der Waals surface area contributed by atoms with E-state index in [1.807, 2.05) is 24.7 Å². The highest BCUT2D eigenvalue weighted by atomic mass is 127. The molecule has 0 aliphatic carbocycles. The summed E-state index contributed by atoms with van der Waals surface area (Å²) in [5, 5.41) is 1.22. The molecule has 4 heteroatoms. The van der Waals surface area contributed by atoms with E-state index in [9.17, 15) is 0 Å². The number of aromatic amines is 1. The van der Waals surface area contributed by atoms with Gasteiger partial charge in [0.2, 0.25) is 0 Å². The van der Waals surface area contributed by atoms with Crippen LogP contribution >= 0.6 is 22.6 Å². The van der Waals surface area contributed by atoms with Crippen LogP contribution in [0.4, 0.5) is 0 Å². The molecular formula is C11H8IN3. The van der Waals surface area contributed by atoms with Crippen molar-refractivity contribution in [1.82, 2.24) is 14.5 Å². The smallest absolute Gasteiger partial charge is 0.122 e. The molecule has 74 valence electrons. The maximum atomic E-state index is 4.28. The first kappa shape index (κ1) is 8.96. The highest BCUT2D eigenvalue weighted by Crippen LogP contribution is 2.18. The lowest BCUT2D eigenvalue weighted by molar-refractivity contribution is 1.07. The van der Waals surface area contributed by atoms with Crippen LogP contribution in [0.2, 0.25) is 0 Å². The van der Waals surface area contributed by atoms with E-state index in [0.29, 0.717) is 0 Å². The molecule has 0 aliphatic rings. The molecule has 3 aromatic heterocycles. The summed E-state index contributed by atoms with van der Waals surface area (Å²) < 4.78 is 3.10. The Morgan fingerprint density at radius 2 is 2.13 bits per heavy atom. The van der Waals surface area contributed by atoms with E-state index < -0.39 is 0 Å². The summed E-state index contributed by atoms with van der Waals surface area (Å²) in [5.74, 6) is 0. The number of hydrogen-bond donors (Lipinski definition) is 1. The van der Waals surface area contributed by atoms with E-state index >= 15 is 0 Å². The summed E-state index contributed by atoms with van der Waals surface area (Å²) in [6, 6.07) is 8.22. The Hall–Kier alpha value is -1.30. The van der Waals surface area contributed by atoms with E-state index in [0.717, 1.165) is 15.0 Å². The molecule has 0 fully saturated rings. The number of nitrogens with zero attached hydrogens (tertiary/aromatic N) is 2. The topological polar surface area (TPSA) is 33.6 Å². The second-order valence-corrected chi connectivity index (χ2v) is 4.41. The van der Waals surface area contributed by atoms with Crippen LogP contribution in [0, 0.1) is 3.70 Å². The molecule has 1 N–H and O–H groups in total. The number of H-pyrrole nitrogens is 1. The molecule has 3 nitrogen and oxygen atoms in total. The fourth-order valence-corrected chi connectivity index (χ4v) is 1.99.